The highest BCUT2D eigenvalue weighted by molar-refractivity contribution is 7.80. The first-order valence-corrected chi connectivity index (χ1v) is 40.5. The topological polar surface area (TPSA) is 726 Å². The Labute approximate surface area is 705 Å². The number of fused-ring (bicyclic) bond motifs is 1. The third-order valence-corrected chi connectivity index (χ3v) is 19.9. The van der Waals surface area contributed by atoms with E-state index in [2.05, 4.69) is 91.7 Å². The molecule has 15 amide bonds. The second kappa shape index (κ2) is 50.7. The highest BCUT2D eigenvalue weighted by Gasteiger charge is 2.43. The molecule has 44 nitrogen and oxygen atoms in total. The summed E-state index contributed by atoms with van der Waals surface area (Å²) in [5.74, 6) is -24.9. The molecule has 0 radical (unpaired) electrons. The summed E-state index contributed by atoms with van der Waals surface area (Å²) >= 11 is 4.26. The van der Waals surface area contributed by atoms with Gasteiger partial charge < -0.3 is 133 Å². The van der Waals surface area contributed by atoms with E-state index < -0.39 is 264 Å². The molecule has 3 rings (SSSR count). The molecule has 1 aliphatic rings. The molecule has 676 valence electrons. The van der Waals surface area contributed by atoms with E-state index in [1.165, 1.54) is 33.9 Å². The Kier molecular flexibility index (Phi) is 43.5. The number of para-hydroxylation sites is 1. The SMILES string of the molecule is CC(C)C[C@H](NC(=O)[C@@H](NC(=O)[C@@H](NC(=O)[C@H](CC(N)=O)NC(=O)[C@H](CS)NC(=O)[C@H](Cc1c[nH]c2ccccc12)NC(=O)[C@H](CC(=O)O)NC(=O)[C@@H](NC(=O)[C@@H](N)CCCN=C(N)N)C(C)C)C(C)C)[C@@H](C)O)C(=O)N[C@H](C(=O)N[C@@H](CC(=O)O)C(=O)N[C@@H](CCCCN)C(=O)N[C@@H](CO)C(=O)N[C@H](C(=O)N1CCC[C@H]1C(=O)O)C(C)C)C(C)C. The summed E-state index contributed by atoms with van der Waals surface area (Å²) in [6.07, 6.45) is -2.67. The van der Waals surface area contributed by atoms with E-state index in [-0.39, 0.29) is 70.5 Å². The van der Waals surface area contributed by atoms with Gasteiger partial charge in [-0.25, -0.2) is 4.79 Å². The van der Waals surface area contributed by atoms with Gasteiger partial charge in [0, 0.05) is 42.4 Å². The number of H-pyrrole nitrogens is 1. The number of aromatic amines is 1. The number of aliphatic imine (C=N–C) groups is 1. The number of guanidine groups is 1. The number of nitrogens with two attached hydrogens (primary N) is 5. The molecular weight excluding hydrogens is 1610 g/mol. The molecule has 0 unspecified atom stereocenters. The quantitative estimate of drug-likeness (QED) is 0.0127. The number of benzene rings is 1. The van der Waals surface area contributed by atoms with E-state index in [0.717, 1.165) is 11.8 Å². The lowest BCUT2D eigenvalue weighted by Gasteiger charge is -2.31. The Morgan fingerprint density at radius 1 is 0.496 bits per heavy atom. The molecule has 0 saturated carbocycles. The summed E-state index contributed by atoms with van der Waals surface area (Å²) in [5.41, 5.74) is 29.1. The first-order chi connectivity index (χ1) is 56.7. The maximum Gasteiger partial charge on any atom is 0.326 e. The number of hydrogen-bond acceptors (Lipinski definition) is 24. The monoisotopic (exact) mass is 1730 g/mol. The average Bonchev–Trinajstić information content (AvgIpc) is 1.56. The predicted molar refractivity (Wildman–Crippen MR) is 440 cm³/mol. The molecule has 0 spiro atoms. The minimum absolute atomic E-state index is 0.0930. The van der Waals surface area contributed by atoms with Gasteiger partial charge in [-0.2, -0.15) is 12.6 Å². The van der Waals surface area contributed by atoms with Crippen molar-refractivity contribution in [2.24, 2.45) is 63.3 Å². The van der Waals surface area contributed by atoms with Crippen molar-refractivity contribution in [2.75, 3.05) is 32.0 Å². The summed E-state index contributed by atoms with van der Waals surface area (Å²) in [6, 6.07) is -17.6. The second-order valence-electron chi connectivity index (χ2n) is 31.4. The van der Waals surface area contributed by atoms with Crippen LogP contribution in [-0.4, -0.2) is 277 Å². The fourth-order valence-electron chi connectivity index (χ4n) is 12.8. The number of primary amides is 1. The summed E-state index contributed by atoms with van der Waals surface area (Å²) < 4.78 is 0. The predicted octanol–water partition coefficient (Wildman–Crippen LogP) is -6.60. The number of aromatic nitrogens is 1. The Balaban J connectivity index is 1.87. The van der Waals surface area contributed by atoms with Crippen molar-refractivity contribution in [3.05, 3.63) is 36.0 Å². The van der Waals surface area contributed by atoms with E-state index in [4.69, 9.17) is 28.7 Å². The Morgan fingerprint density at radius 2 is 0.909 bits per heavy atom. The van der Waals surface area contributed by atoms with E-state index in [0.29, 0.717) is 29.3 Å². The van der Waals surface area contributed by atoms with Crippen LogP contribution in [0.3, 0.4) is 0 Å². The highest BCUT2D eigenvalue weighted by atomic mass is 32.1. The van der Waals surface area contributed by atoms with Crippen LogP contribution in [0.2, 0.25) is 0 Å². The number of unbranched alkanes of at least 4 members (excludes halogenated alkanes) is 1. The lowest BCUT2D eigenvalue weighted by atomic mass is 9.98. The Morgan fingerprint density at radius 3 is 1.40 bits per heavy atom. The number of likely N-dealkylation sites (tertiary alicyclic amines) is 1. The zero-order valence-corrected chi connectivity index (χ0v) is 70.7. The van der Waals surface area contributed by atoms with Crippen LogP contribution in [0.15, 0.2) is 35.5 Å². The molecule has 29 N–H and O–H groups in total. The number of carbonyl (C=O) groups excluding carboxylic acids is 15. The summed E-state index contributed by atoms with van der Waals surface area (Å²) in [5, 5.41) is 82.9. The van der Waals surface area contributed by atoms with Crippen molar-refractivity contribution in [1.29, 1.82) is 0 Å². The van der Waals surface area contributed by atoms with Gasteiger partial charge in [-0.1, -0.05) is 87.4 Å². The largest absolute Gasteiger partial charge is 0.481 e. The summed E-state index contributed by atoms with van der Waals surface area (Å²) in [7, 11) is 0. The van der Waals surface area contributed by atoms with E-state index >= 15 is 0 Å². The van der Waals surface area contributed by atoms with Gasteiger partial charge in [-0.05, 0) is 106 Å². The van der Waals surface area contributed by atoms with Crippen LogP contribution < -0.4 is 97.8 Å². The standard InChI is InChI=1S/C76H123N21O23S/c1-34(2)26-45(66(110)93-57(36(5)6)71(115)88-48(29-54(101)102)64(108)84-44(21-14-15-23-77)62(106)90-50(32-98)68(112)95-59(38(9)10)74(118)97-25-17-22-52(97)75(119)120)87-73(117)60(39(11)99)96-72(116)58(37(7)8)94-67(111)47(28-53(79)100)86-69(113)51(33-121)91-63(107)46(27-40-31-83-43-20-13-12-18-41(40)43)85-65(109)49(30-55(103)104)89-70(114)56(35(3)4)92-61(105)42(78)19-16-24-82-76(80)81/h12-13,18,20,31,34-39,42,44-52,56-60,83,98-99,121H,14-17,19,21-30,32-33,77-78H2,1-11H3,(H2,79,100)(H,84,108)(H,85,109)(H,86,113)(H,87,117)(H,88,115)(H,89,114)(H,90,106)(H,91,107)(H,92,105)(H,93,110)(H,94,111)(H,95,112)(H,96,116)(H,101,102)(H,103,104)(H,119,120)(H4,80,81,82)/t39-,42+,44+,45+,46+,47+,48+,49+,50+,51+,52+,56+,57+,58+,59+,60+/m1/s1. The fraction of sp³-hybridized carbons (Fsp3) is 0.645. The van der Waals surface area contributed by atoms with Crippen LogP contribution in [-0.2, 0) is 92.7 Å². The van der Waals surface area contributed by atoms with Crippen molar-refractivity contribution < 1.29 is 112 Å². The highest BCUT2D eigenvalue weighted by Crippen LogP contribution is 2.23. The third-order valence-electron chi connectivity index (χ3n) is 19.5. The first-order valence-electron chi connectivity index (χ1n) is 39.8. The Hall–Kier alpha value is -11.3. The van der Waals surface area contributed by atoms with E-state index in [9.17, 15) is 112 Å². The number of rotatable bonds is 53. The zero-order chi connectivity index (χ0) is 91.6. The van der Waals surface area contributed by atoms with Gasteiger partial charge in [-0.3, -0.25) is 86.5 Å². The number of hydrogen-bond donors (Lipinski definition) is 25. The molecule has 0 aliphatic carbocycles. The molecular formula is C76H123N21O23S. The number of carboxylic acids is 3. The molecule has 121 heavy (non-hydrogen) atoms. The van der Waals surface area contributed by atoms with Crippen molar-refractivity contribution >= 4 is 136 Å². The average molecular weight is 1730 g/mol. The Bertz CT molecular complexity index is 3990. The van der Waals surface area contributed by atoms with Crippen molar-refractivity contribution in [1.82, 2.24) is 79.0 Å². The molecule has 16 atom stereocenters. The van der Waals surface area contributed by atoms with Gasteiger partial charge in [0.15, 0.2) is 5.96 Å². The van der Waals surface area contributed by atoms with Crippen LogP contribution in [0.1, 0.15) is 152 Å². The lowest BCUT2D eigenvalue weighted by molar-refractivity contribution is -0.150. The number of aliphatic hydroxyl groups is 2. The number of aliphatic carboxylic acids is 3. The molecule has 45 heteroatoms. The van der Waals surface area contributed by atoms with Crippen molar-refractivity contribution in [3.8, 4) is 0 Å². The van der Waals surface area contributed by atoms with Crippen LogP contribution in [0.4, 0.5) is 0 Å². The van der Waals surface area contributed by atoms with Crippen LogP contribution in [0, 0.1) is 29.6 Å². The van der Waals surface area contributed by atoms with Crippen LogP contribution in [0.5, 0.6) is 0 Å². The van der Waals surface area contributed by atoms with Gasteiger partial charge in [0.2, 0.25) is 88.6 Å². The summed E-state index contributed by atoms with van der Waals surface area (Å²) in [4.78, 5) is 254. The van der Waals surface area contributed by atoms with Gasteiger partial charge in [0.05, 0.1) is 38.0 Å². The maximum absolute atomic E-state index is 14.6. The number of nitrogens with one attached hydrogen (secondary N) is 14. The molecule has 0 bridgehead atoms. The van der Waals surface area contributed by atoms with E-state index in [1.807, 2.05) is 0 Å². The first kappa shape index (κ1) is 104. The van der Waals surface area contributed by atoms with E-state index in [1.54, 1.807) is 65.8 Å². The van der Waals surface area contributed by atoms with Crippen LogP contribution in [0.25, 0.3) is 10.9 Å². The second-order valence-corrected chi connectivity index (χ2v) is 31.8. The van der Waals surface area contributed by atoms with Gasteiger partial charge >= 0.3 is 17.9 Å². The van der Waals surface area contributed by atoms with Gasteiger partial charge in [-0.15, -0.1) is 0 Å². The number of nitrogens with zero attached hydrogens (tertiary/aromatic N) is 2. The minimum atomic E-state index is -1.97. The van der Waals surface area contributed by atoms with Gasteiger partial charge in [0.25, 0.3) is 0 Å². The summed E-state index contributed by atoms with van der Waals surface area (Å²) in [6.45, 7) is 15.8. The smallest absolute Gasteiger partial charge is 0.326 e. The van der Waals surface area contributed by atoms with Gasteiger partial charge in [0.1, 0.15) is 84.6 Å². The van der Waals surface area contributed by atoms with Crippen LogP contribution >= 0.6 is 12.6 Å². The normalized spacial score (nSPS) is 16.4. The number of amides is 15. The van der Waals surface area contributed by atoms with Crippen molar-refractivity contribution in [3.63, 3.8) is 0 Å². The number of thiol groups is 1. The lowest BCUT2D eigenvalue weighted by Crippen LogP contribution is -2.63. The molecule has 2 aromatic rings. The molecule has 1 aromatic carbocycles. The fourth-order valence-corrected chi connectivity index (χ4v) is 13.1. The molecule has 2 heterocycles. The zero-order valence-electron chi connectivity index (χ0n) is 69.8. The molecule has 1 aliphatic heterocycles. The molecule has 1 aromatic heterocycles. The minimum Gasteiger partial charge on any atom is -0.481 e. The number of aliphatic hydroxyl groups excluding tert-OH is 2. The number of carboxylic acid groups (broad SMARTS) is 3. The molecule has 1 fully saturated rings. The third kappa shape index (κ3) is 34.0. The maximum atomic E-state index is 14.6. The van der Waals surface area contributed by atoms with Crippen molar-refractivity contribution in [2.45, 2.75) is 250 Å². The molecule has 1 saturated heterocycles. The number of carbonyl (C=O) groups is 18.